The minimum absolute atomic E-state index is 0.208. The Hall–Kier alpha value is -2.87. The highest BCUT2D eigenvalue weighted by atomic mass is 32.2. The molecule has 2 aromatic carbocycles. The lowest BCUT2D eigenvalue weighted by atomic mass is 10.1. The minimum Gasteiger partial charge on any atom is -0.355 e. The second kappa shape index (κ2) is 11.1. The summed E-state index contributed by atoms with van der Waals surface area (Å²) in [5.74, 6) is -0.688. The predicted molar refractivity (Wildman–Crippen MR) is 128 cm³/mol. The molecule has 0 radical (unpaired) electrons. The van der Waals surface area contributed by atoms with Gasteiger partial charge in [-0.05, 0) is 56.0 Å². The first-order chi connectivity index (χ1) is 15.1. The fourth-order valence-corrected chi connectivity index (χ4v) is 4.33. The molecule has 0 aliphatic heterocycles. The zero-order chi connectivity index (χ0) is 23.9. The van der Waals surface area contributed by atoms with Crippen molar-refractivity contribution in [3.8, 4) is 0 Å². The Morgan fingerprint density at radius 1 is 1.00 bits per heavy atom. The number of nitrogens with one attached hydrogen (secondary N) is 1. The van der Waals surface area contributed by atoms with Crippen molar-refractivity contribution in [1.29, 1.82) is 0 Å². The van der Waals surface area contributed by atoms with E-state index in [4.69, 9.17) is 0 Å². The first-order valence-corrected chi connectivity index (χ1v) is 12.6. The standard InChI is InChI=1S/C24H33N3O4S/c1-6-22(24(29)25-7-2)26(16-20-11-9-8-10-12-20)23(28)17-27(32(5,30)31)21-14-13-18(3)19(4)15-21/h8-15,22H,6-7,16-17H2,1-5H3,(H,25,29)/t22-/m0/s1. The van der Waals surface area contributed by atoms with Crippen LogP contribution in [0.15, 0.2) is 48.5 Å². The number of amides is 2. The summed E-state index contributed by atoms with van der Waals surface area (Å²) in [4.78, 5) is 27.7. The maximum atomic E-state index is 13.5. The van der Waals surface area contributed by atoms with Gasteiger partial charge in [0.05, 0.1) is 11.9 Å². The van der Waals surface area contributed by atoms with Gasteiger partial charge in [-0.2, -0.15) is 0 Å². The first kappa shape index (κ1) is 25.4. The van der Waals surface area contributed by atoms with Crippen molar-refractivity contribution < 1.29 is 18.0 Å². The Morgan fingerprint density at radius 2 is 1.66 bits per heavy atom. The molecular formula is C24H33N3O4S. The highest BCUT2D eigenvalue weighted by molar-refractivity contribution is 7.92. The molecule has 7 nitrogen and oxygen atoms in total. The molecule has 1 atom stereocenters. The van der Waals surface area contributed by atoms with Crippen molar-refractivity contribution in [2.24, 2.45) is 0 Å². The molecule has 32 heavy (non-hydrogen) atoms. The molecule has 2 amide bonds. The van der Waals surface area contributed by atoms with Crippen LogP contribution >= 0.6 is 0 Å². The lowest BCUT2D eigenvalue weighted by Crippen LogP contribution is -2.52. The molecule has 0 saturated carbocycles. The number of hydrogen-bond acceptors (Lipinski definition) is 4. The molecule has 0 fully saturated rings. The van der Waals surface area contributed by atoms with E-state index in [1.165, 1.54) is 4.90 Å². The van der Waals surface area contributed by atoms with E-state index in [2.05, 4.69) is 5.32 Å². The van der Waals surface area contributed by atoms with Gasteiger partial charge < -0.3 is 10.2 Å². The topological polar surface area (TPSA) is 86.8 Å². The molecule has 0 aliphatic carbocycles. The maximum absolute atomic E-state index is 13.5. The number of benzene rings is 2. The quantitative estimate of drug-likeness (QED) is 0.592. The van der Waals surface area contributed by atoms with Gasteiger partial charge in [-0.25, -0.2) is 8.42 Å². The third-order valence-electron chi connectivity index (χ3n) is 5.39. The highest BCUT2D eigenvalue weighted by Gasteiger charge is 2.31. The predicted octanol–water partition coefficient (Wildman–Crippen LogP) is 3.01. The van der Waals surface area contributed by atoms with Gasteiger partial charge in [0.25, 0.3) is 0 Å². The number of aryl methyl sites for hydroxylation is 2. The number of hydrogen-bond donors (Lipinski definition) is 1. The van der Waals surface area contributed by atoms with E-state index in [1.807, 2.05) is 64.1 Å². The van der Waals surface area contributed by atoms with Gasteiger partial charge in [0.1, 0.15) is 12.6 Å². The zero-order valence-corrected chi connectivity index (χ0v) is 20.3. The summed E-state index contributed by atoms with van der Waals surface area (Å²) in [6, 6.07) is 13.9. The number of carbonyl (C=O) groups is 2. The zero-order valence-electron chi connectivity index (χ0n) is 19.5. The normalized spacial score (nSPS) is 12.2. The van der Waals surface area contributed by atoms with Gasteiger partial charge in [0, 0.05) is 13.1 Å². The van der Waals surface area contributed by atoms with Crippen molar-refractivity contribution in [3.63, 3.8) is 0 Å². The Balaban J connectivity index is 2.42. The van der Waals surface area contributed by atoms with Crippen molar-refractivity contribution in [2.75, 3.05) is 23.7 Å². The van der Waals surface area contributed by atoms with Crippen LogP contribution < -0.4 is 9.62 Å². The van der Waals surface area contributed by atoms with Crippen LogP contribution in [-0.4, -0.2) is 50.5 Å². The molecule has 0 spiro atoms. The summed E-state index contributed by atoms with van der Waals surface area (Å²) in [5.41, 5.74) is 3.25. The van der Waals surface area contributed by atoms with E-state index in [0.29, 0.717) is 18.7 Å². The van der Waals surface area contributed by atoms with Crippen LogP contribution in [0.1, 0.15) is 37.0 Å². The number of carbonyl (C=O) groups excluding carboxylic acids is 2. The van der Waals surface area contributed by atoms with E-state index in [0.717, 1.165) is 27.3 Å². The number of anilines is 1. The van der Waals surface area contributed by atoms with Gasteiger partial charge in [-0.3, -0.25) is 13.9 Å². The van der Waals surface area contributed by atoms with Crippen LogP contribution in [0.5, 0.6) is 0 Å². The van der Waals surface area contributed by atoms with Crippen LogP contribution in [-0.2, 0) is 26.2 Å². The van der Waals surface area contributed by atoms with Crippen molar-refractivity contribution in [3.05, 3.63) is 65.2 Å². The lowest BCUT2D eigenvalue weighted by molar-refractivity contribution is -0.140. The molecule has 1 N–H and O–H groups in total. The number of rotatable bonds is 10. The van der Waals surface area contributed by atoms with E-state index < -0.39 is 22.0 Å². The minimum atomic E-state index is -3.73. The molecule has 2 rings (SSSR count). The van der Waals surface area contributed by atoms with Crippen LogP contribution in [0.4, 0.5) is 5.69 Å². The molecule has 174 valence electrons. The first-order valence-electron chi connectivity index (χ1n) is 10.7. The van der Waals surface area contributed by atoms with Gasteiger partial charge in [-0.15, -0.1) is 0 Å². The summed E-state index contributed by atoms with van der Waals surface area (Å²) in [6.07, 6.45) is 1.49. The molecule has 0 bridgehead atoms. The molecule has 0 unspecified atom stereocenters. The largest absolute Gasteiger partial charge is 0.355 e. The van der Waals surface area contributed by atoms with E-state index in [9.17, 15) is 18.0 Å². The Kier molecular flexibility index (Phi) is 8.83. The fraction of sp³-hybridized carbons (Fsp3) is 0.417. The van der Waals surface area contributed by atoms with Crippen LogP contribution in [0.3, 0.4) is 0 Å². The summed E-state index contributed by atoms with van der Waals surface area (Å²) < 4.78 is 26.3. The third kappa shape index (κ3) is 6.56. The van der Waals surface area contributed by atoms with Crippen LogP contribution in [0.2, 0.25) is 0 Å². The monoisotopic (exact) mass is 459 g/mol. The van der Waals surface area contributed by atoms with Crippen LogP contribution in [0, 0.1) is 13.8 Å². The summed E-state index contributed by atoms with van der Waals surface area (Å²) in [5, 5.41) is 2.78. The average molecular weight is 460 g/mol. The van der Waals surface area contributed by atoms with Crippen molar-refractivity contribution in [2.45, 2.75) is 46.7 Å². The molecule has 0 aliphatic rings. The molecule has 8 heteroatoms. The molecule has 2 aromatic rings. The Bertz CT molecular complexity index is 1040. The third-order valence-corrected chi connectivity index (χ3v) is 6.53. The summed E-state index contributed by atoms with van der Waals surface area (Å²) in [7, 11) is -3.73. The smallest absolute Gasteiger partial charge is 0.244 e. The number of likely N-dealkylation sites (N-methyl/N-ethyl adjacent to an activating group) is 1. The van der Waals surface area contributed by atoms with Gasteiger partial charge in [0.2, 0.25) is 21.8 Å². The van der Waals surface area contributed by atoms with E-state index in [-0.39, 0.29) is 19.0 Å². The molecular weight excluding hydrogens is 426 g/mol. The lowest BCUT2D eigenvalue weighted by Gasteiger charge is -2.33. The summed E-state index contributed by atoms with van der Waals surface area (Å²) >= 11 is 0. The van der Waals surface area contributed by atoms with Gasteiger partial charge in [0.15, 0.2) is 0 Å². The molecule has 0 heterocycles. The van der Waals surface area contributed by atoms with Crippen molar-refractivity contribution >= 4 is 27.5 Å². The number of sulfonamides is 1. The van der Waals surface area contributed by atoms with Gasteiger partial charge >= 0.3 is 0 Å². The van der Waals surface area contributed by atoms with Crippen molar-refractivity contribution in [1.82, 2.24) is 10.2 Å². The van der Waals surface area contributed by atoms with E-state index in [1.54, 1.807) is 12.1 Å². The highest BCUT2D eigenvalue weighted by Crippen LogP contribution is 2.22. The van der Waals surface area contributed by atoms with E-state index >= 15 is 0 Å². The van der Waals surface area contributed by atoms with Gasteiger partial charge in [-0.1, -0.05) is 43.3 Å². The maximum Gasteiger partial charge on any atom is 0.244 e. The Labute approximate surface area is 191 Å². The summed E-state index contributed by atoms with van der Waals surface area (Å²) in [6.45, 7) is 7.76. The molecule has 0 saturated heterocycles. The second-order valence-electron chi connectivity index (χ2n) is 7.86. The Morgan fingerprint density at radius 3 is 2.19 bits per heavy atom. The second-order valence-corrected chi connectivity index (χ2v) is 9.77. The fourth-order valence-electron chi connectivity index (χ4n) is 3.49. The van der Waals surface area contributed by atoms with Crippen LogP contribution in [0.25, 0.3) is 0 Å². The number of nitrogens with zero attached hydrogens (tertiary/aromatic N) is 2. The molecule has 0 aromatic heterocycles. The average Bonchev–Trinajstić information content (AvgIpc) is 2.74. The SMILES string of the molecule is CCNC(=O)[C@H](CC)N(Cc1ccccc1)C(=O)CN(c1ccc(C)c(C)c1)S(C)(=O)=O.